The highest BCUT2D eigenvalue weighted by atomic mass is 32.1. The zero-order valence-corrected chi connectivity index (χ0v) is 14.4. The lowest BCUT2D eigenvalue weighted by atomic mass is 10.1. The first-order valence-electron chi connectivity index (χ1n) is 7.82. The van der Waals surface area contributed by atoms with E-state index in [1.807, 2.05) is 17.5 Å². The van der Waals surface area contributed by atoms with Crippen LogP contribution < -0.4 is 10.6 Å². The molecule has 0 unspecified atom stereocenters. The third-order valence-corrected chi connectivity index (χ3v) is 4.32. The summed E-state index contributed by atoms with van der Waals surface area (Å²) in [5.41, 5.74) is 3.07. The summed E-state index contributed by atoms with van der Waals surface area (Å²) in [6, 6.07) is 11.3. The molecule has 1 aromatic carbocycles. The highest BCUT2D eigenvalue weighted by Crippen LogP contribution is 2.25. The lowest BCUT2D eigenvalue weighted by Gasteiger charge is -2.03. The number of amides is 2. The van der Waals surface area contributed by atoms with Crippen LogP contribution in [0.15, 0.2) is 52.5 Å². The van der Waals surface area contributed by atoms with E-state index >= 15 is 0 Å². The fraction of sp³-hybridized carbons (Fsp3) is 0.167. The van der Waals surface area contributed by atoms with Crippen LogP contribution in [-0.2, 0) is 11.2 Å². The highest BCUT2D eigenvalue weighted by molar-refractivity contribution is 7.14. The first-order chi connectivity index (χ1) is 12.2. The molecule has 2 amide bonds. The molecule has 0 saturated carbocycles. The van der Waals surface area contributed by atoms with E-state index in [9.17, 15) is 9.59 Å². The van der Waals surface area contributed by atoms with Crippen molar-refractivity contribution in [3.05, 3.63) is 59.4 Å². The van der Waals surface area contributed by atoms with E-state index in [2.05, 4.69) is 34.7 Å². The van der Waals surface area contributed by atoms with E-state index in [0.717, 1.165) is 17.7 Å². The first-order valence-corrected chi connectivity index (χ1v) is 8.70. The van der Waals surface area contributed by atoms with Crippen molar-refractivity contribution in [2.45, 2.75) is 13.3 Å². The summed E-state index contributed by atoms with van der Waals surface area (Å²) < 4.78 is 4.96. The molecule has 2 aromatic heterocycles. The average molecular weight is 355 g/mol. The molecule has 3 aromatic rings. The molecule has 0 atom stereocenters. The van der Waals surface area contributed by atoms with Gasteiger partial charge in [-0.15, -0.1) is 11.3 Å². The van der Waals surface area contributed by atoms with Gasteiger partial charge in [0.25, 0.3) is 5.91 Å². The van der Waals surface area contributed by atoms with Crippen molar-refractivity contribution in [1.29, 1.82) is 0 Å². The number of carbonyl (C=O) groups excluding carboxylic acids is 2. The Kier molecular flexibility index (Phi) is 5.25. The Morgan fingerprint density at radius 3 is 2.68 bits per heavy atom. The predicted molar refractivity (Wildman–Crippen MR) is 96.6 cm³/mol. The summed E-state index contributed by atoms with van der Waals surface area (Å²) in [5, 5.41) is 7.55. The smallest absolute Gasteiger partial charge is 0.287 e. The van der Waals surface area contributed by atoms with Gasteiger partial charge in [-0.1, -0.05) is 31.2 Å². The number of furan rings is 1. The van der Waals surface area contributed by atoms with Crippen molar-refractivity contribution in [2.75, 3.05) is 11.9 Å². The minimum atomic E-state index is -0.434. The number of nitrogens with one attached hydrogen (secondary N) is 2. The van der Waals surface area contributed by atoms with E-state index < -0.39 is 5.91 Å². The number of thiazole rings is 1. The number of hydrogen-bond acceptors (Lipinski definition) is 5. The lowest BCUT2D eigenvalue weighted by molar-refractivity contribution is -0.115. The number of aryl methyl sites for hydroxylation is 1. The van der Waals surface area contributed by atoms with Crippen LogP contribution in [0.2, 0.25) is 0 Å². The van der Waals surface area contributed by atoms with E-state index in [-0.39, 0.29) is 18.2 Å². The van der Waals surface area contributed by atoms with Crippen molar-refractivity contribution in [3.63, 3.8) is 0 Å². The summed E-state index contributed by atoms with van der Waals surface area (Å²) >= 11 is 1.34. The molecule has 0 aliphatic carbocycles. The Morgan fingerprint density at radius 2 is 2.00 bits per heavy atom. The maximum atomic E-state index is 11.9. The second-order valence-corrected chi connectivity index (χ2v) is 6.15. The van der Waals surface area contributed by atoms with Gasteiger partial charge >= 0.3 is 0 Å². The minimum Gasteiger partial charge on any atom is -0.459 e. The number of aromatic nitrogens is 1. The Balaban J connectivity index is 1.55. The number of nitrogens with zero attached hydrogens (tertiary/aromatic N) is 1. The van der Waals surface area contributed by atoms with Gasteiger partial charge in [0.1, 0.15) is 0 Å². The number of rotatable bonds is 6. The molecule has 0 bridgehead atoms. The van der Waals surface area contributed by atoms with Gasteiger partial charge < -0.3 is 15.1 Å². The fourth-order valence-corrected chi connectivity index (χ4v) is 2.93. The number of benzene rings is 1. The minimum absolute atomic E-state index is 0.153. The molecular weight excluding hydrogens is 338 g/mol. The van der Waals surface area contributed by atoms with Crippen molar-refractivity contribution < 1.29 is 14.0 Å². The molecule has 128 valence electrons. The number of hydrogen-bond donors (Lipinski definition) is 2. The molecule has 0 spiro atoms. The predicted octanol–water partition coefficient (Wildman–Crippen LogP) is 3.33. The van der Waals surface area contributed by atoms with Gasteiger partial charge in [0.15, 0.2) is 10.9 Å². The summed E-state index contributed by atoms with van der Waals surface area (Å²) in [5.74, 6) is -0.613. The molecule has 0 radical (unpaired) electrons. The van der Waals surface area contributed by atoms with Crippen LogP contribution >= 0.6 is 11.3 Å². The maximum absolute atomic E-state index is 11.9. The average Bonchev–Trinajstić information content (AvgIpc) is 3.32. The van der Waals surface area contributed by atoms with Crippen molar-refractivity contribution in [2.24, 2.45) is 0 Å². The van der Waals surface area contributed by atoms with Crippen LogP contribution in [0.3, 0.4) is 0 Å². The van der Waals surface area contributed by atoms with Crippen LogP contribution in [-0.4, -0.2) is 23.3 Å². The topological polar surface area (TPSA) is 84.2 Å². The standard InChI is InChI=1S/C18H17N3O3S/c1-2-12-5-7-13(8-6-12)14-11-25-18(20-14)21-16(22)10-19-17(23)15-4-3-9-24-15/h3-9,11H,2,10H2,1H3,(H,19,23)(H,20,21,22). The summed E-state index contributed by atoms with van der Waals surface area (Å²) in [7, 11) is 0. The molecule has 3 rings (SSSR count). The lowest BCUT2D eigenvalue weighted by Crippen LogP contribution is -2.32. The van der Waals surface area contributed by atoms with E-state index in [1.54, 1.807) is 6.07 Å². The van der Waals surface area contributed by atoms with Crippen molar-refractivity contribution in [1.82, 2.24) is 10.3 Å². The third kappa shape index (κ3) is 4.33. The monoisotopic (exact) mass is 355 g/mol. The first kappa shape index (κ1) is 16.9. The maximum Gasteiger partial charge on any atom is 0.287 e. The Morgan fingerprint density at radius 1 is 1.20 bits per heavy atom. The molecule has 0 aliphatic heterocycles. The Labute approximate surface area is 148 Å². The van der Waals surface area contributed by atoms with Gasteiger partial charge in [0, 0.05) is 10.9 Å². The molecular formula is C18H17N3O3S. The van der Waals surface area contributed by atoms with Gasteiger partial charge in [-0.05, 0) is 24.1 Å². The van der Waals surface area contributed by atoms with Crippen molar-refractivity contribution >= 4 is 28.3 Å². The van der Waals surface area contributed by atoms with Gasteiger partial charge in [-0.2, -0.15) is 0 Å². The van der Waals surface area contributed by atoms with Crippen LogP contribution in [0.4, 0.5) is 5.13 Å². The molecule has 0 fully saturated rings. The quantitative estimate of drug-likeness (QED) is 0.710. The third-order valence-electron chi connectivity index (χ3n) is 3.56. The molecule has 0 aliphatic rings. The van der Waals surface area contributed by atoms with Crippen LogP contribution in [0.1, 0.15) is 23.0 Å². The van der Waals surface area contributed by atoms with Gasteiger partial charge in [-0.3, -0.25) is 9.59 Å². The molecule has 7 heteroatoms. The highest BCUT2D eigenvalue weighted by Gasteiger charge is 2.12. The van der Waals surface area contributed by atoms with E-state index in [4.69, 9.17) is 4.42 Å². The van der Waals surface area contributed by atoms with Crippen LogP contribution in [0.5, 0.6) is 0 Å². The molecule has 0 saturated heterocycles. The summed E-state index contributed by atoms with van der Waals surface area (Å²) in [4.78, 5) is 28.0. The summed E-state index contributed by atoms with van der Waals surface area (Å²) in [6.07, 6.45) is 2.39. The normalized spacial score (nSPS) is 10.4. The molecule has 6 nitrogen and oxygen atoms in total. The van der Waals surface area contributed by atoms with Crippen molar-refractivity contribution in [3.8, 4) is 11.3 Å². The zero-order valence-electron chi connectivity index (χ0n) is 13.6. The second kappa shape index (κ2) is 7.76. The molecule has 2 heterocycles. The molecule has 2 N–H and O–H groups in total. The van der Waals surface area contributed by atoms with E-state index in [1.165, 1.54) is 29.2 Å². The Bertz CT molecular complexity index is 854. The fourth-order valence-electron chi connectivity index (χ4n) is 2.19. The van der Waals surface area contributed by atoms with Gasteiger partial charge in [0.05, 0.1) is 18.5 Å². The SMILES string of the molecule is CCc1ccc(-c2csc(NC(=O)CNC(=O)c3ccco3)n2)cc1. The van der Waals surface area contributed by atoms with Crippen LogP contribution in [0, 0.1) is 0 Å². The Hall–Kier alpha value is -2.93. The van der Waals surface area contributed by atoms with E-state index in [0.29, 0.717) is 5.13 Å². The number of anilines is 1. The van der Waals surface area contributed by atoms with Crippen LogP contribution in [0.25, 0.3) is 11.3 Å². The summed E-state index contributed by atoms with van der Waals surface area (Å²) in [6.45, 7) is 1.95. The van der Waals surface area contributed by atoms with Gasteiger partial charge in [0.2, 0.25) is 5.91 Å². The second-order valence-electron chi connectivity index (χ2n) is 5.30. The largest absolute Gasteiger partial charge is 0.459 e. The number of carbonyl (C=O) groups is 2. The molecule has 25 heavy (non-hydrogen) atoms. The zero-order chi connectivity index (χ0) is 17.6. The van der Waals surface area contributed by atoms with Gasteiger partial charge in [-0.25, -0.2) is 4.98 Å².